The van der Waals surface area contributed by atoms with Crippen LogP contribution < -0.4 is 15.4 Å². The summed E-state index contributed by atoms with van der Waals surface area (Å²) in [6.45, 7) is 6.03. The molecule has 1 heterocycles. The van der Waals surface area contributed by atoms with Crippen LogP contribution in [0.4, 0.5) is 16.2 Å². The molecule has 0 aromatic heterocycles. The summed E-state index contributed by atoms with van der Waals surface area (Å²) in [6, 6.07) is 10.8. The third-order valence-corrected chi connectivity index (χ3v) is 7.61. The minimum absolute atomic E-state index is 0.0583. The number of carbonyl (C=O) groups is 5. The van der Waals surface area contributed by atoms with Crippen LogP contribution in [0.25, 0.3) is 0 Å². The fourth-order valence-electron chi connectivity index (χ4n) is 4.39. The maximum absolute atomic E-state index is 13.7. The zero-order valence-electron chi connectivity index (χ0n) is 24.5. The molecule has 2 aromatic rings. The minimum Gasteiger partial charge on any atom is -0.495 e. The average Bonchev–Trinajstić information content (AvgIpc) is 3.15. The minimum atomic E-state index is -3.40. The number of amides is 5. The highest BCUT2D eigenvalue weighted by Gasteiger charge is 2.49. The summed E-state index contributed by atoms with van der Waals surface area (Å²) in [6.07, 6.45) is 1.03. The van der Waals surface area contributed by atoms with Gasteiger partial charge in [-0.25, -0.2) is 18.1 Å². The molecule has 0 spiro atoms. The molecule has 0 saturated carbocycles. The molecule has 0 bridgehead atoms. The number of benzene rings is 2. The van der Waals surface area contributed by atoms with Crippen molar-refractivity contribution in [3.8, 4) is 5.75 Å². The molecule has 2 unspecified atom stereocenters. The molecule has 1 fully saturated rings. The van der Waals surface area contributed by atoms with Crippen LogP contribution in [0, 0.1) is 11.3 Å². The van der Waals surface area contributed by atoms with E-state index in [0.29, 0.717) is 4.90 Å². The molecule has 3 rings (SSSR count). The van der Waals surface area contributed by atoms with Gasteiger partial charge in [0, 0.05) is 29.8 Å². The lowest BCUT2D eigenvalue weighted by molar-refractivity contribution is -0.143. The van der Waals surface area contributed by atoms with Crippen molar-refractivity contribution in [2.24, 2.45) is 11.3 Å². The highest BCUT2D eigenvalue weighted by Crippen LogP contribution is 2.30. The number of imide groups is 1. The Morgan fingerprint density at radius 1 is 1.00 bits per heavy atom. The predicted molar refractivity (Wildman–Crippen MR) is 156 cm³/mol. The van der Waals surface area contributed by atoms with Crippen molar-refractivity contribution < 1.29 is 37.1 Å². The van der Waals surface area contributed by atoms with Crippen molar-refractivity contribution in [1.29, 1.82) is 0 Å². The predicted octanol–water partition coefficient (Wildman–Crippen LogP) is 2.70. The van der Waals surface area contributed by atoms with Crippen molar-refractivity contribution in [3.63, 3.8) is 0 Å². The topological polar surface area (TPSA) is 159 Å². The first-order chi connectivity index (χ1) is 19.5. The Balaban J connectivity index is 1.90. The summed E-state index contributed by atoms with van der Waals surface area (Å²) >= 11 is 0. The van der Waals surface area contributed by atoms with E-state index in [4.69, 9.17) is 4.74 Å². The van der Waals surface area contributed by atoms with Crippen LogP contribution in [0.15, 0.2) is 48.5 Å². The molecule has 0 aliphatic carbocycles. The van der Waals surface area contributed by atoms with Crippen molar-refractivity contribution in [1.82, 2.24) is 9.80 Å². The van der Waals surface area contributed by atoms with Crippen molar-refractivity contribution in [3.05, 3.63) is 54.1 Å². The Bertz CT molecular complexity index is 1480. The van der Waals surface area contributed by atoms with Gasteiger partial charge in [-0.2, -0.15) is 0 Å². The Hall–Kier alpha value is -4.26. The molecule has 1 aliphatic heterocycles. The number of Topliss-reactive ketones (excluding diaryl/α,β-unsaturated/α-hetero) is 1. The van der Waals surface area contributed by atoms with Crippen molar-refractivity contribution >= 4 is 50.7 Å². The largest absolute Gasteiger partial charge is 0.495 e. The molecule has 1 aliphatic rings. The van der Waals surface area contributed by atoms with E-state index in [2.05, 4.69) is 10.6 Å². The maximum Gasteiger partial charge on any atom is 0.328 e. The third kappa shape index (κ3) is 7.93. The summed E-state index contributed by atoms with van der Waals surface area (Å²) in [5, 5.41) is 5.18. The van der Waals surface area contributed by atoms with Gasteiger partial charge < -0.3 is 20.3 Å². The molecule has 2 aromatic carbocycles. The van der Waals surface area contributed by atoms with E-state index in [1.807, 2.05) is 6.07 Å². The van der Waals surface area contributed by atoms with Gasteiger partial charge >= 0.3 is 6.03 Å². The van der Waals surface area contributed by atoms with E-state index >= 15 is 0 Å². The number of nitrogens with zero attached hydrogens (tertiary/aromatic N) is 2. The number of carbonyl (C=O) groups excluding carboxylic acids is 5. The fraction of sp³-hybridized carbons (Fsp3) is 0.414. The number of hydrogen-bond donors (Lipinski definition) is 2. The number of ether oxygens (including phenoxy) is 1. The average molecular weight is 601 g/mol. The molecule has 42 heavy (non-hydrogen) atoms. The summed E-state index contributed by atoms with van der Waals surface area (Å²) in [5.41, 5.74) is -0.0379. The Kier molecular flexibility index (Phi) is 9.77. The molecular weight excluding hydrogens is 564 g/mol. The molecular formula is C29H36N4O8S. The standard InChI is InChI=1S/C29H36N4O8S/c1-18(17-42(6,39)40)26(36)30-20-12-13-22(41-5)21(14-20)31-27(37)24(25(35)29(2,3)4)33-23(34)16-32(28(33)38)15-19-10-8-7-9-11-19/h7-14,18,24H,15-17H2,1-6H3,(H,30,36)(H,31,37). The monoisotopic (exact) mass is 600 g/mol. The van der Waals surface area contributed by atoms with Gasteiger partial charge in [0.2, 0.25) is 5.91 Å². The zero-order chi connectivity index (χ0) is 31.4. The molecule has 13 heteroatoms. The number of ketones is 1. The van der Waals surface area contributed by atoms with Gasteiger partial charge in [0.15, 0.2) is 11.8 Å². The van der Waals surface area contributed by atoms with Crippen molar-refractivity contribution in [2.75, 3.05) is 36.3 Å². The van der Waals surface area contributed by atoms with Crippen LogP contribution >= 0.6 is 0 Å². The summed E-state index contributed by atoms with van der Waals surface area (Å²) in [7, 11) is -2.05. The number of anilines is 2. The second-order valence-electron chi connectivity index (χ2n) is 11.3. The third-order valence-electron chi connectivity index (χ3n) is 6.51. The van der Waals surface area contributed by atoms with Crippen LogP contribution in [-0.4, -0.2) is 79.5 Å². The molecule has 12 nitrogen and oxygen atoms in total. The van der Waals surface area contributed by atoms with Crippen molar-refractivity contribution in [2.45, 2.75) is 40.3 Å². The lowest BCUT2D eigenvalue weighted by Gasteiger charge is -2.29. The highest BCUT2D eigenvalue weighted by molar-refractivity contribution is 7.90. The van der Waals surface area contributed by atoms with Gasteiger partial charge in [0.1, 0.15) is 22.1 Å². The number of urea groups is 1. The number of nitrogens with one attached hydrogen (secondary N) is 2. The molecule has 5 amide bonds. The Labute approximate surface area is 245 Å². The van der Waals surface area contributed by atoms with Gasteiger partial charge in [-0.1, -0.05) is 58.0 Å². The van der Waals surface area contributed by atoms with Gasteiger partial charge in [-0.05, 0) is 23.8 Å². The molecule has 2 N–H and O–H groups in total. The second kappa shape index (κ2) is 12.7. The van der Waals surface area contributed by atoms with Gasteiger partial charge in [-0.15, -0.1) is 0 Å². The van der Waals surface area contributed by atoms with Gasteiger partial charge in [0.05, 0.1) is 18.6 Å². The first-order valence-corrected chi connectivity index (χ1v) is 15.2. The van der Waals surface area contributed by atoms with Crippen LogP contribution in [-0.2, 0) is 35.6 Å². The van der Waals surface area contributed by atoms with Gasteiger partial charge in [-0.3, -0.25) is 19.2 Å². The quantitative estimate of drug-likeness (QED) is 0.294. The zero-order valence-corrected chi connectivity index (χ0v) is 25.3. The van der Waals surface area contributed by atoms with E-state index in [0.717, 1.165) is 11.8 Å². The van der Waals surface area contributed by atoms with Crippen LogP contribution in [0.3, 0.4) is 0 Å². The molecule has 226 valence electrons. The number of sulfone groups is 1. The summed E-state index contributed by atoms with van der Waals surface area (Å²) < 4.78 is 28.5. The molecule has 2 atom stereocenters. The Morgan fingerprint density at radius 2 is 1.64 bits per heavy atom. The molecule has 1 saturated heterocycles. The maximum atomic E-state index is 13.7. The summed E-state index contributed by atoms with van der Waals surface area (Å²) in [5.74, 6) is -3.87. The lowest BCUT2D eigenvalue weighted by atomic mass is 9.85. The number of methoxy groups -OCH3 is 1. The SMILES string of the molecule is COc1ccc(NC(=O)C(C)CS(C)(=O)=O)cc1NC(=O)C(C(=O)C(C)(C)C)N1C(=O)CN(Cc2ccccc2)C1=O. The fourth-order valence-corrected chi connectivity index (χ4v) is 5.45. The van der Waals surface area contributed by atoms with E-state index in [9.17, 15) is 32.4 Å². The van der Waals surface area contributed by atoms with Crippen LogP contribution in [0.5, 0.6) is 5.75 Å². The van der Waals surface area contributed by atoms with Crippen LogP contribution in [0.1, 0.15) is 33.3 Å². The second-order valence-corrected chi connectivity index (χ2v) is 13.5. The number of hydrogen-bond acceptors (Lipinski definition) is 8. The normalized spacial score (nSPS) is 15.3. The highest BCUT2D eigenvalue weighted by atomic mass is 32.2. The first kappa shape index (κ1) is 32.3. The lowest BCUT2D eigenvalue weighted by Crippen LogP contribution is -2.55. The van der Waals surface area contributed by atoms with E-state index in [-0.39, 0.29) is 36.0 Å². The van der Waals surface area contributed by atoms with E-state index < -0.39 is 56.7 Å². The smallest absolute Gasteiger partial charge is 0.328 e. The summed E-state index contributed by atoms with van der Waals surface area (Å²) in [4.78, 5) is 68.3. The number of rotatable bonds is 11. The molecule has 0 radical (unpaired) electrons. The Morgan fingerprint density at radius 3 is 2.21 bits per heavy atom. The van der Waals surface area contributed by atoms with E-state index in [1.54, 1.807) is 45.0 Å². The van der Waals surface area contributed by atoms with Gasteiger partial charge in [0.25, 0.3) is 11.8 Å². The van der Waals surface area contributed by atoms with E-state index in [1.165, 1.54) is 37.1 Å². The first-order valence-electron chi connectivity index (χ1n) is 13.2. The van der Waals surface area contributed by atoms with Crippen LogP contribution in [0.2, 0.25) is 0 Å².